The molecule has 0 heterocycles. The van der Waals surface area contributed by atoms with Crippen molar-refractivity contribution in [2.24, 2.45) is 11.8 Å². The van der Waals surface area contributed by atoms with E-state index in [-0.39, 0.29) is 12.0 Å². The number of carbonyl (C=O) groups is 1. The highest BCUT2D eigenvalue weighted by atomic mass is 16.5. The van der Waals surface area contributed by atoms with Crippen LogP contribution in [0.5, 0.6) is 0 Å². The highest BCUT2D eigenvalue weighted by molar-refractivity contribution is 5.79. The largest absolute Gasteiger partial charge is 0.480 e. The van der Waals surface area contributed by atoms with Crippen LogP contribution in [0, 0.1) is 11.8 Å². The molecule has 0 aromatic carbocycles. The smallest absolute Gasteiger partial charge is 0.324 e. The standard InChI is InChI=1S/C15H29NO3/c1-11(2)10-12(3)19-9-7-13-6-5-8-15(13,16-4)14(17)18/h11-13,16H,5-10H2,1-4H3,(H,17,18). The van der Waals surface area contributed by atoms with Gasteiger partial charge in [-0.15, -0.1) is 0 Å². The van der Waals surface area contributed by atoms with E-state index in [2.05, 4.69) is 26.1 Å². The third kappa shape index (κ3) is 4.18. The van der Waals surface area contributed by atoms with Crippen LogP contribution < -0.4 is 5.32 Å². The van der Waals surface area contributed by atoms with Gasteiger partial charge in [-0.1, -0.05) is 20.3 Å². The minimum absolute atomic E-state index is 0.182. The SMILES string of the molecule is CNC1(C(=O)O)CCCC1CCOC(C)CC(C)C. The average molecular weight is 271 g/mol. The first-order valence-electron chi connectivity index (χ1n) is 7.46. The highest BCUT2D eigenvalue weighted by Gasteiger charge is 2.47. The van der Waals surface area contributed by atoms with Gasteiger partial charge in [0.25, 0.3) is 0 Å². The van der Waals surface area contributed by atoms with Gasteiger partial charge in [0, 0.05) is 6.61 Å². The number of ether oxygens (including phenoxy) is 1. The molecule has 1 saturated carbocycles. The minimum Gasteiger partial charge on any atom is -0.480 e. The van der Waals surface area contributed by atoms with E-state index in [9.17, 15) is 9.90 Å². The van der Waals surface area contributed by atoms with Gasteiger partial charge in [0.2, 0.25) is 0 Å². The molecule has 2 N–H and O–H groups in total. The molecule has 0 saturated heterocycles. The van der Waals surface area contributed by atoms with Crippen molar-refractivity contribution in [3.05, 3.63) is 0 Å². The van der Waals surface area contributed by atoms with E-state index in [1.165, 1.54) is 0 Å². The molecule has 112 valence electrons. The molecule has 0 bridgehead atoms. The van der Waals surface area contributed by atoms with Crippen molar-refractivity contribution in [1.82, 2.24) is 5.32 Å². The summed E-state index contributed by atoms with van der Waals surface area (Å²) in [5.41, 5.74) is -0.732. The Labute approximate surface area is 116 Å². The number of aliphatic carboxylic acids is 1. The Morgan fingerprint density at radius 2 is 2.16 bits per heavy atom. The number of hydrogen-bond donors (Lipinski definition) is 2. The van der Waals surface area contributed by atoms with E-state index < -0.39 is 11.5 Å². The van der Waals surface area contributed by atoms with Crippen LogP contribution in [-0.4, -0.2) is 36.4 Å². The van der Waals surface area contributed by atoms with Crippen LogP contribution in [0.25, 0.3) is 0 Å². The summed E-state index contributed by atoms with van der Waals surface area (Å²) in [7, 11) is 1.76. The average Bonchev–Trinajstić information content (AvgIpc) is 2.72. The molecule has 0 aromatic rings. The molecule has 1 aliphatic rings. The van der Waals surface area contributed by atoms with Crippen molar-refractivity contribution in [2.75, 3.05) is 13.7 Å². The van der Waals surface area contributed by atoms with E-state index in [1.807, 2.05) is 0 Å². The van der Waals surface area contributed by atoms with E-state index >= 15 is 0 Å². The van der Waals surface area contributed by atoms with Crippen LogP contribution in [0.4, 0.5) is 0 Å². The number of nitrogens with one attached hydrogen (secondary N) is 1. The third-order valence-corrected chi connectivity index (χ3v) is 4.32. The Bertz CT molecular complexity index is 293. The summed E-state index contributed by atoms with van der Waals surface area (Å²) in [6.07, 6.45) is 4.84. The zero-order valence-corrected chi connectivity index (χ0v) is 12.7. The first-order valence-corrected chi connectivity index (χ1v) is 7.46. The molecule has 1 aliphatic carbocycles. The molecule has 4 nitrogen and oxygen atoms in total. The predicted octanol–water partition coefficient (Wildman–Crippen LogP) is 2.67. The zero-order valence-electron chi connectivity index (χ0n) is 12.7. The van der Waals surface area contributed by atoms with E-state index in [0.717, 1.165) is 32.1 Å². The quantitative estimate of drug-likeness (QED) is 0.712. The highest BCUT2D eigenvalue weighted by Crippen LogP contribution is 2.38. The van der Waals surface area contributed by atoms with Crippen molar-refractivity contribution >= 4 is 5.97 Å². The maximum absolute atomic E-state index is 11.5. The Balaban J connectivity index is 2.42. The molecular formula is C15H29NO3. The Morgan fingerprint density at radius 1 is 1.47 bits per heavy atom. The Kier molecular flexibility index (Phi) is 6.27. The Hall–Kier alpha value is -0.610. The van der Waals surface area contributed by atoms with Gasteiger partial charge in [-0.3, -0.25) is 4.79 Å². The van der Waals surface area contributed by atoms with E-state index in [4.69, 9.17) is 4.74 Å². The van der Waals surface area contributed by atoms with E-state index in [0.29, 0.717) is 12.5 Å². The summed E-state index contributed by atoms with van der Waals surface area (Å²) in [5.74, 6) is 0.103. The monoisotopic (exact) mass is 271 g/mol. The first kappa shape index (κ1) is 16.4. The maximum atomic E-state index is 11.5. The van der Waals surface area contributed by atoms with Gasteiger partial charge in [-0.25, -0.2) is 0 Å². The molecule has 0 amide bonds. The fourth-order valence-corrected chi connectivity index (χ4v) is 3.33. The van der Waals surface area contributed by atoms with Crippen LogP contribution in [0.1, 0.15) is 52.9 Å². The van der Waals surface area contributed by atoms with Gasteiger partial charge in [0.15, 0.2) is 0 Å². The lowest BCUT2D eigenvalue weighted by molar-refractivity contribution is -0.146. The molecular weight excluding hydrogens is 242 g/mol. The number of likely N-dealkylation sites (N-methyl/N-ethyl adjacent to an activating group) is 1. The fraction of sp³-hybridized carbons (Fsp3) is 0.933. The van der Waals surface area contributed by atoms with Gasteiger partial charge in [0.1, 0.15) is 5.54 Å². The molecule has 0 aromatic heterocycles. The molecule has 0 radical (unpaired) electrons. The summed E-state index contributed by atoms with van der Waals surface area (Å²) in [6.45, 7) is 7.13. The second kappa shape index (κ2) is 7.25. The summed E-state index contributed by atoms with van der Waals surface area (Å²) in [5, 5.41) is 12.5. The normalized spacial score (nSPS) is 28.8. The minimum atomic E-state index is -0.732. The van der Waals surface area contributed by atoms with Crippen LogP contribution in [-0.2, 0) is 9.53 Å². The number of rotatable bonds is 8. The topological polar surface area (TPSA) is 58.6 Å². The molecule has 0 spiro atoms. The van der Waals surface area contributed by atoms with Crippen molar-refractivity contribution in [3.8, 4) is 0 Å². The Morgan fingerprint density at radius 3 is 2.68 bits per heavy atom. The summed E-state index contributed by atoms with van der Waals surface area (Å²) < 4.78 is 5.81. The van der Waals surface area contributed by atoms with Gasteiger partial charge in [-0.05, 0) is 51.5 Å². The lowest BCUT2D eigenvalue weighted by Gasteiger charge is -2.31. The van der Waals surface area contributed by atoms with Crippen LogP contribution in [0.2, 0.25) is 0 Å². The molecule has 3 atom stereocenters. The van der Waals surface area contributed by atoms with Crippen molar-refractivity contribution < 1.29 is 14.6 Å². The van der Waals surface area contributed by atoms with Gasteiger partial charge in [0.05, 0.1) is 6.10 Å². The molecule has 19 heavy (non-hydrogen) atoms. The lowest BCUT2D eigenvalue weighted by Crippen LogP contribution is -2.53. The van der Waals surface area contributed by atoms with Crippen molar-refractivity contribution in [1.29, 1.82) is 0 Å². The molecule has 1 fully saturated rings. The van der Waals surface area contributed by atoms with Gasteiger partial charge in [-0.2, -0.15) is 0 Å². The van der Waals surface area contributed by atoms with Crippen LogP contribution in [0.3, 0.4) is 0 Å². The molecule has 1 rings (SSSR count). The predicted molar refractivity (Wildman–Crippen MR) is 76.3 cm³/mol. The fourth-order valence-electron chi connectivity index (χ4n) is 3.33. The lowest BCUT2D eigenvalue weighted by atomic mass is 9.85. The molecule has 0 aliphatic heterocycles. The summed E-state index contributed by atoms with van der Waals surface area (Å²) in [4.78, 5) is 11.5. The number of carboxylic acids is 1. The number of carboxylic acid groups (broad SMARTS) is 1. The summed E-state index contributed by atoms with van der Waals surface area (Å²) >= 11 is 0. The number of hydrogen-bond acceptors (Lipinski definition) is 3. The third-order valence-electron chi connectivity index (χ3n) is 4.32. The summed E-state index contributed by atoms with van der Waals surface area (Å²) in [6, 6.07) is 0. The zero-order chi connectivity index (χ0) is 14.5. The second-order valence-electron chi connectivity index (χ2n) is 6.22. The van der Waals surface area contributed by atoms with Crippen molar-refractivity contribution in [3.63, 3.8) is 0 Å². The maximum Gasteiger partial charge on any atom is 0.324 e. The van der Waals surface area contributed by atoms with E-state index in [1.54, 1.807) is 7.05 Å². The molecule has 4 heteroatoms. The molecule has 3 unspecified atom stereocenters. The van der Waals surface area contributed by atoms with Crippen molar-refractivity contribution in [2.45, 2.75) is 64.5 Å². The van der Waals surface area contributed by atoms with Crippen LogP contribution in [0.15, 0.2) is 0 Å². The first-order chi connectivity index (χ1) is 8.92. The van der Waals surface area contributed by atoms with Crippen LogP contribution >= 0.6 is 0 Å². The van der Waals surface area contributed by atoms with Gasteiger partial charge >= 0.3 is 5.97 Å². The van der Waals surface area contributed by atoms with Gasteiger partial charge < -0.3 is 15.2 Å². The second-order valence-corrected chi connectivity index (χ2v) is 6.22.